The van der Waals surface area contributed by atoms with Crippen LogP contribution in [0.2, 0.25) is 5.15 Å². The lowest BCUT2D eigenvalue weighted by molar-refractivity contribution is 0.0977. The maximum Gasteiger partial charge on any atom is 0.285 e. The summed E-state index contributed by atoms with van der Waals surface area (Å²) in [5.41, 5.74) is 2.53. The number of carbonyl (C=O) groups excluding carboxylic acids is 1. The van der Waals surface area contributed by atoms with Crippen LogP contribution in [0.15, 0.2) is 53.5 Å². The molecular formula is C27H26ClN7O4S. The van der Waals surface area contributed by atoms with Crippen molar-refractivity contribution in [1.29, 1.82) is 0 Å². The van der Waals surface area contributed by atoms with Crippen molar-refractivity contribution in [1.82, 2.24) is 29.0 Å². The van der Waals surface area contributed by atoms with Crippen LogP contribution in [0.3, 0.4) is 0 Å². The molecule has 3 heterocycles. The fourth-order valence-corrected chi connectivity index (χ4v) is 5.15. The van der Waals surface area contributed by atoms with Crippen LogP contribution in [0.1, 0.15) is 38.7 Å². The quantitative estimate of drug-likeness (QED) is 0.289. The summed E-state index contributed by atoms with van der Waals surface area (Å²) in [6.07, 6.45) is 2.30. The molecule has 0 radical (unpaired) electrons. The summed E-state index contributed by atoms with van der Waals surface area (Å²) < 4.78 is 50.7. The molecule has 0 bridgehead atoms. The molecule has 0 saturated carbocycles. The number of carbonyl (C=O) groups is 1. The number of nitrogens with one attached hydrogen (secondary N) is 2. The van der Waals surface area contributed by atoms with E-state index in [1.54, 1.807) is 38.2 Å². The zero-order chi connectivity index (χ0) is 31.4. The molecule has 2 aromatic carbocycles. The Morgan fingerprint density at radius 2 is 1.93 bits per heavy atom. The zero-order valence-corrected chi connectivity index (χ0v) is 23.4. The molecule has 5 aromatic rings. The number of fused-ring (bicyclic) bond motifs is 2. The zero-order valence-electron chi connectivity index (χ0n) is 24.9. The molecular weight excluding hydrogens is 554 g/mol. The van der Waals surface area contributed by atoms with Crippen molar-refractivity contribution in [3.05, 3.63) is 81.0 Å². The topological polar surface area (TPSA) is 141 Å². The third-order valence-electron chi connectivity index (χ3n) is 6.37. The second-order valence-corrected chi connectivity index (χ2v) is 11.6. The standard InChI is InChI=1S/C27H26ClN7O4S/c1-14-10-18(15(2)30-20-7-9-22(28)31-24(20)26(36)33-40(5,38)39)23-19(11-14)27(37)34(3)25(32-23)16-6-8-21-17(12-16)13-29-35(21)4/h6-13,15,30H,1-5H3,(H,33,36)/t15-/m1/s1/i4D3. The molecule has 11 nitrogen and oxygen atoms in total. The number of halogens is 1. The van der Waals surface area contributed by atoms with Gasteiger partial charge in [0, 0.05) is 34.6 Å². The van der Waals surface area contributed by atoms with E-state index in [9.17, 15) is 18.0 Å². The number of anilines is 1. The van der Waals surface area contributed by atoms with Gasteiger partial charge in [0.05, 0.1) is 40.6 Å². The van der Waals surface area contributed by atoms with Gasteiger partial charge in [-0.2, -0.15) is 5.10 Å². The number of hydrogen-bond acceptors (Lipinski definition) is 8. The molecule has 0 fully saturated rings. The van der Waals surface area contributed by atoms with Gasteiger partial charge in [0.1, 0.15) is 11.0 Å². The fraction of sp³-hybridized carbons (Fsp3) is 0.222. The van der Waals surface area contributed by atoms with E-state index in [4.69, 9.17) is 20.7 Å². The molecule has 0 spiro atoms. The first kappa shape index (κ1) is 23.6. The second-order valence-electron chi connectivity index (χ2n) is 9.48. The lowest BCUT2D eigenvalue weighted by Gasteiger charge is -2.20. The molecule has 0 saturated heterocycles. The molecule has 40 heavy (non-hydrogen) atoms. The first-order valence-corrected chi connectivity index (χ1v) is 14.3. The summed E-state index contributed by atoms with van der Waals surface area (Å²) in [5.74, 6) is -0.611. The number of benzene rings is 2. The molecule has 0 unspecified atom stereocenters. The van der Waals surface area contributed by atoms with Gasteiger partial charge in [-0.3, -0.25) is 18.8 Å². The van der Waals surface area contributed by atoms with Crippen LogP contribution in [-0.4, -0.2) is 44.9 Å². The maximum atomic E-state index is 13.6. The highest BCUT2D eigenvalue weighted by Gasteiger charge is 2.22. The monoisotopic (exact) mass is 582 g/mol. The van der Waals surface area contributed by atoms with Crippen molar-refractivity contribution in [2.24, 2.45) is 14.0 Å². The SMILES string of the molecule is [2H]C([2H])([2H])n1ncc2cc(-c3nc4c([C@@H](C)Nc5ccc(Cl)nc5C(=O)NS(C)(=O)=O)cc(C)cc4c(=O)n3C)ccc21. The Morgan fingerprint density at radius 1 is 1.15 bits per heavy atom. The number of hydrogen-bond donors (Lipinski definition) is 2. The average Bonchev–Trinajstić information content (AvgIpc) is 3.34. The van der Waals surface area contributed by atoms with Crippen molar-refractivity contribution in [3.8, 4) is 11.4 Å². The molecule has 5 rings (SSSR count). The smallest absolute Gasteiger partial charge is 0.285 e. The summed E-state index contributed by atoms with van der Waals surface area (Å²) in [6, 6.07) is 11.1. The first-order valence-electron chi connectivity index (χ1n) is 13.5. The van der Waals surface area contributed by atoms with Crippen molar-refractivity contribution in [2.45, 2.75) is 19.9 Å². The van der Waals surface area contributed by atoms with Gasteiger partial charge >= 0.3 is 0 Å². The summed E-state index contributed by atoms with van der Waals surface area (Å²) in [7, 11) is -2.26. The van der Waals surface area contributed by atoms with E-state index in [0.29, 0.717) is 38.8 Å². The van der Waals surface area contributed by atoms with Gasteiger partial charge in [-0.15, -0.1) is 0 Å². The summed E-state index contributed by atoms with van der Waals surface area (Å²) in [6.45, 7) is 1.20. The lowest BCUT2D eigenvalue weighted by atomic mass is 10.0. The fourth-order valence-electron chi connectivity index (χ4n) is 4.57. The molecule has 13 heteroatoms. The summed E-state index contributed by atoms with van der Waals surface area (Å²) in [5, 5.41) is 8.12. The highest BCUT2D eigenvalue weighted by molar-refractivity contribution is 7.89. The molecule has 0 aliphatic heterocycles. The van der Waals surface area contributed by atoms with Gasteiger partial charge in [-0.25, -0.2) is 23.1 Å². The first-order chi connectivity index (χ1) is 20.0. The highest BCUT2D eigenvalue weighted by Crippen LogP contribution is 2.30. The predicted octanol–water partition coefficient (Wildman–Crippen LogP) is 3.71. The van der Waals surface area contributed by atoms with E-state index in [0.717, 1.165) is 16.5 Å². The van der Waals surface area contributed by atoms with E-state index in [2.05, 4.69) is 15.4 Å². The van der Waals surface area contributed by atoms with Gasteiger partial charge in [0.15, 0.2) is 5.69 Å². The van der Waals surface area contributed by atoms with Crippen LogP contribution in [-0.2, 0) is 24.0 Å². The normalized spacial score (nSPS) is 14.0. The molecule has 0 aliphatic carbocycles. The Balaban J connectivity index is 1.62. The Morgan fingerprint density at radius 3 is 2.65 bits per heavy atom. The molecule has 1 amide bonds. The Bertz CT molecular complexity index is 2110. The Labute approximate surface area is 239 Å². The lowest BCUT2D eigenvalue weighted by Crippen LogP contribution is -2.31. The van der Waals surface area contributed by atoms with Crippen LogP contribution >= 0.6 is 11.6 Å². The molecule has 206 valence electrons. The Hall–Kier alpha value is -4.29. The molecule has 2 N–H and O–H groups in total. The van der Waals surface area contributed by atoms with Gasteiger partial charge in [0.25, 0.3) is 11.5 Å². The van der Waals surface area contributed by atoms with Gasteiger partial charge in [-0.1, -0.05) is 17.7 Å². The maximum absolute atomic E-state index is 13.6. The summed E-state index contributed by atoms with van der Waals surface area (Å²) in [4.78, 5) is 35.2. The van der Waals surface area contributed by atoms with Crippen LogP contribution in [0.4, 0.5) is 5.69 Å². The van der Waals surface area contributed by atoms with Crippen molar-refractivity contribution >= 4 is 55.0 Å². The molecule has 1 atom stereocenters. The minimum Gasteiger partial charge on any atom is -0.377 e. The third-order valence-corrected chi connectivity index (χ3v) is 7.14. The number of nitrogens with zero attached hydrogens (tertiary/aromatic N) is 5. The Kier molecular flexibility index (Phi) is 5.91. The van der Waals surface area contributed by atoms with Gasteiger partial charge in [-0.05, 0) is 55.8 Å². The van der Waals surface area contributed by atoms with Crippen molar-refractivity contribution < 1.29 is 17.3 Å². The van der Waals surface area contributed by atoms with Crippen molar-refractivity contribution in [3.63, 3.8) is 0 Å². The van der Waals surface area contributed by atoms with Crippen molar-refractivity contribution in [2.75, 3.05) is 11.6 Å². The average molecular weight is 583 g/mol. The minimum absolute atomic E-state index is 0.00552. The van der Waals surface area contributed by atoms with E-state index in [1.165, 1.54) is 22.9 Å². The molecule has 3 aromatic heterocycles. The minimum atomic E-state index is -3.87. The van der Waals surface area contributed by atoms with E-state index in [-0.39, 0.29) is 22.1 Å². The third kappa shape index (κ3) is 5.15. The van der Waals surface area contributed by atoms with E-state index in [1.807, 2.05) is 17.7 Å². The van der Waals surface area contributed by atoms with E-state index >= 15 is 0 Å². The van der Waals surface area contributed by atoms with Crippen LogP contribution in [0.5, 0.6) is 0 Å². The number of rotatable bonds is 6. The van der Waals surface area contributed by atoms with Crippen LogP contribution < -0.4 is 15.6 Å². The molecule has 0 aliphatic rings. The van der Waals surface area contributed by atoms with Crippen LogP contribution in [0.25, 0.3) is 33.2 Å². The number of aryl methyl sites for hydroxylation is 2. The largest absolute Gasteiger partial charge is 0.377 e. The highest BCUT2D eigenvalue weighted by atomic mass is 35.5. The number of sulfonamides is 1. The summed E-state index contributed by atoms with van der Waals surface area (Å²) >= 11 is 6.00. The van der Waals surface area contributed by atoms with Crippen LogP contribution in [0, 0.1) is 6.92 Å². The van der Waals surface area contributed by atoms with Gasteiger partial charge in [0.2, 0.25) is 10.0 Å². The van der Waals surface area contributed by atoms with E-state index < -0.39 is 28.9 Å². The van der Waals surface area contributed by atoms with Gasteiger partial charge < -0.3 is 5.32 Å². The number of pyridine rings is 1. The number of amides is 1. The number of aromatic nitrogens is 5. The second kappa shape index (κ2) is 10.0. The predicted molar refractivity (Wildman–Crippen MR) is 155 cm³/mol.